The highest BCUT2D eigenvalue weighted by atomic mass is 31.2. The number of rotatable bonds is 2. The lowest BCUT2D eigenvalue weighted by atomic mass is 10.3. The van der Waals surface area contributed by atoms with Crippen LogP contribution in [0.2, 0.25) is 0 Å². The van der Waals surface area contributed by atoms with Crippen LogP contribution in [0.25, 0.3) is 0 Å². The van der Waals surface area contributed by atoms with Gasteiger partial charge >= 0.3 is 0 Å². The van der Waals surface area contributed by atoms with Crippen molar-refractivity contribution in [3.05, 3.63) is 158 Å². The molecule has 0 radical (unpaired) electrons. The summed E-state index contributed by atoms with van der Waals surface area (Å²) in [6.07, 6.45) is 1.33. The highest BCUT2D eigenvalue weighted by Gasteiger charge is 2.31. The highest BCUT2D eigenvalue weighted by Crippen LogP contribution is 2.44. The largest absolute Gasteiger partial charge is 0.493 e. The van der Waals surface area contributed by atoms with E-state index in [-0.39, 0.29) is 0 Å². The molecule has 7 heterocycles. The van der Waals surface area contributed by atoms with E-state index < -0.39 is 14.3 Å². The van der Waals surface area contributed by atoms with Gasteiger partial charge in [-0.3, -0.25) is 0 Å². The first-order chi connectivity index (χ1) is 24.5. The molecule has 0 aromatic heterocycles. The third kappa shape index (κ3) is 7.14. The standard InChI is InChI=1S/C42H38O6P2/c43-49(37-9-3-1-4-10-37)39-21-13-33(14-22-39)45-29-7-31-47-35-17-25-41(26-18-35)50(44,38-11-5-2-6-12-38)42-27-19-36(20-28-42)48-32-8-30-46-34-15-23-40(49)24-16-34/h1-6,9-28H,7-8,29-32H2. The maximum Gasteiger partial charge on any atom is 0.171 e. The lowest BCUT2D eigenvalue weighted by molar-refractivity contribution is 0.247. The number of hydrogen-bond donors (Lipinski definition) is 0. The zero-order chi connectivity index (χ0) is 34.2. The quantitative estimate of drug-likeness (QED) is 0.182. The second-order valence-corrected chi connectivity index (χ2v) is 17.5. The minimum atomic E-state index is -3.15. The molecule has 0 unspecified atom stereocenters. The summed E-state index contributed by atoms with van der Waals surface area (Å²) < 4.78 is 53.9. The molecule has 8 bridgehead atoms. The number of benzene rings is 6. The predicted octanol–water partition coefficient (Wildman–Crippen LogP) is 6.97. The minimum absolute atomic E-state index is 0.457. The van der Waals surface area contributed by atoms with Crippen molar-refractivity contribution in [2.45, 2.75) is 12.8 Å². The molecule has 6 aromatic carbocycles. The smallest absolute Gasteiger partial charge is 0.171 e. The fourth-order valence-corrected chi connectivity index (χ4v) is 11.3. The van der Waals surface area contributed by atoms with E-state index in [0.717, 1.165) is 31.8 Å². The molecule has 0 aliphatic carbocycles. The van der Waals surface area contributed by atoms with Gasteiger partial charge in [-0.15, -0.1) is 0 Å². The van der Waals surface area contributed by atoms with E-state index in [0.29, 0.717) is 62.3 Å². The van der Waals surface area contributed by atoms with Crippen molar-refractivity contribution in [1.29, 1.82) is 0 Å². The molecular weight excluding hydrogens is 662 g/mol. The average molecular weight is 701 g/mol. The molecule has 0 saturated heterocycles. The Morgan fingerprint density at radius 2 is 0.520 bits per heavy atom. The fraction of sp³-hybridized carbons (Fsp3) is 0.143. The molecule has 6 nitrogen and oxygen atoms in total. The van der Waals surface area contributed by atoms with Gasteiger partial charge < -0.3 is 28.1 Å². The van der Waals surface area contributed by atoms with Gasteiger partial charge in [-0.1, -0.05) is 60.7 Å². The van der Waals surface area contributed by atoms with E-state index in [1.807, 2.05) is 158 Å². The topological polar surface area (TPSA) is 71.1 Å². The van der Waals surface area contributed by atoms with Gasteiger partial charge in [0.25, 0.3) is 0 Å². The summed E-state index contributed by atoms with van der Waals surface area (Å²) in [6, 6.07) is 49.3. The minimum Gasteiger partial charge on any atom is -0.493 e. The molecule has 6 aromatic rings. The normalized spacial score (nSPS) is 19.7. The molecule has 0 N–H and O–H groups in total. The van der Waals surface area contributed by atoms with Gasteiger partial charge in [0, 0.05) is 44.7 Å². The van der Waals surface area contributed by atoms with Crippen LogP contribution in [-0.2, 0) is 9.13 Å². The Morgan fingerprint density at radius 3 is 0.760 bits per heavy atom. The van der Waals surface area contributed by atoms with Crippen LogP contribution in [0, 0.1) is 0 Å². The summed E-state index contributed by atoms with van der Waals surface area (Å²) in [6.45, 7) is 1.83. The number of ether oxygens (including phenoxy) is 4. The molecule has 252 valence electrons. The summed E-state index contributed by atoms with van der Waals surface area (Å²) in [5, 5.41) is 4.44. The monoisotopic (exact) mass is 700 g/mol. The van der Waals surface area contributed by atoms with E-state index in [2.05, 4.69) is 0 Å². The summed E-state index contributed by atoms with van der Waals surface area (Å²) in [4.78, 5) is 0. The summed E-state index contributed by atoms with van der Waals surface area (Å²) in [7, 11) is -6.30. The Labute approximate surface area is 293 Å². The Balaban J connectivity index is 1.15. The Kier molecular flexibility index (Phi) is 10.2. The molecule has 13 rings (SSSR count). The first-order valence-electron chi connectivity index (χ1n) is 16.8. The fourth-order valence-electron chi connectivity index (χ4n) is 6.06. The second kappa shape index (κ2) is 15.3. The van der Waals surface area contributed by atoms with Crippen LogP contribution in [0.5, 0.6) is 23.0 Å². The summed E-state index contributed by atoms with van der Waals surface area (Å²) in [5.41, 5.74) is 0. The number of hydrogen-bond acceptors (Lipinski definition) is 6. The molecule has 7 aliphatic rings. The van der Waals surface area contributed by atoms with Crippen LogP contribution in [0.3, 0.4) is 0 Å². The van der Waals surface area contributed by atoms with Crippen LogP contribution >= 0.6 is 14.3 Å². The molecule has 0 amide bonds. The first-order valence-corrected chi connectivity index (χ1v) is 20.2. The maximum atomic E-state index is 14.9. The molecule has 7 aliphatic heterocycles. The van der Waals surface area contributed by atoms with Gasteiger partial charge in [0.05, 0.1) is 26.4 Å². The summed E-state index contributed by atoms with van der Waals surface area (Å²) in [5.74, 6) is 2.79. The third-order valence-electron chi connectivity index (χ3n) is 8.69. The van der Waals surface area contributed by atoms with Gasteiger partial charge in [-0.2, -0.15) is 0 Å². The Morgan fingerprint density at radius 1 is 0.300 bits per heavy atom. The van der Waals surface area contributed by atoms with Crippen molar-refractivity contribution in [3.8, 4) is 23.0 Å². The molecule has 0 atom stereocenters. The molecular formula is C42H38O6P2. The SMILES string of the molecule is O=P1(c2ccccc2)c2ccc(cc2)OCCCOc2ccc(cc2)P(=O)(c2ccccc2)c2ccc(cc2)OCCCOc2ccc1cc2. The van der Waals surface area contributed by atoms with Crippen molar-refractivity contribution in [3.63, 3.8) is 0 Å². The van der Waals surface area contributed by atoms with Gasteiger partial charge in [0.15, 0.2) is 14.3 Å². The van der Waals surface area contributed by atoms with Gasteiger partial charge in [0.1, 0.15) is 23.0 Å². The van der Waals surface area contributed by atoms with Crippen molar-refractivity contribution in [1.82, 2.24) is 0 Å². The molecule has 0 saturated carbocycles. The lowest BCUT2D eigenvalue weighted by Gasteiger charge is -2.21. The van der Waals surface area contributed by atoms with E-state index in [9.17, 15) is 9.13 Å². The van der Waals surface area contributed by atoms with Crippen molar-refractivity contribution < 1.29 is 28.1 Å². The van der Waals surface area contributed by atoms with Crippen LogP contribution in [0.1, 0.15) is 12.8 Å². The molecule has 50 heavy (non-hydrogen) atoms. The average Bonchev–Trinajstić information content (AvgIpc) is 3.18. The lowest BCUT2D eigenvalue weighted by Crippen LogP contribution is -2.25. The van der Waals surface area contributed by atoms with Gasteiger partial charge in [-0.05, 0) is 97.1 Å². The van der Waals surface area contributed by atoms with Gasteiger partial charge in [0.2, 0.25) is 0 Å². The van der Waals surface area contributed by atoms with Crippen LogP contribution in [0.4, 0.5) is 0 Å². The zero-order valence-electron chi connectivity index (χ0n) is 27.6. The van der Waals surface area contributed by atoms with E-state index >= 15 is 0 Å². The second-order valence-electron chi connectivity index (χ2n) is 12.0. The van der Waals surface area contributed by atoms with Crippen molar-refractivity contribution in [2.24, 2.45) is 0 Å². The van der Waals surface area contributed by atoms with E-state index in [4.69, 9.17) is 18.9 Å². The highest BCUT2D eigenvalue weighted by molar-refractivity contribution is 7.85. The molecule has 8 heteroatoms. The Bertz CT molecular complexity index is 1820. The maximum absolute atomic E-state index is 14.9. The molecule has 0 fully saturated rings. The third-order valence-corrected chi connectivity index (χ3v) is 14.8. The van der Waals surface area contributed by atoms with Gasteiger partial charge in [-0.25, -0.2) is 0 Å². The first kappa shape index (κ1) is 33.5. The van der Waals surface area contributed by atoms with Crippen LogP contribution < -0.4 is 50.8 Å². The molecule has 0 spiro atoms. The van der Waals surface area contributed by atoms with Crippen LogP contribution in [0.15, 0.2) is 158 Å². The van der Waals surface area contributed by atoms with E-state index in [1.54, 1.807) is 0 Å². The Hall–Kier alpha value is -5.02. The zero-order valence-corrected chi connectivity index (χ0v) is 29.4. The summed E-state index contributed by atoms with van der Waals surface area (Å²) >= 11 is 0. The van der Waals surface area contributed by atoms with Crippen molar-refractivity contribution in [2.75, 3.05) is 26.4 Å². The van der Waals surface area contributed by atoms with Crippen molar-refractivity contribution >= 4 is 46.1 Å². The van der Waals surface area contributed by atoms with Crippen LogP contribution in [-0.4, -0.2) is 26.4 Å². The van der Waals surface area contributed by atoms with E-state index in [1.165, 1.54) is 0 Å². The predicted molar refractivity (Wildman–Crippen MR) is 203 cm³/mol.